The van der Waals surface area contributed by atoms with Crippen LogP contribution in [0.1, 0.15) is 13.3 Å². The number of thioether (sulfide) groups is 1. The summed E-state index contributed by atoms with van der Waals surface area (Å²) < 4.78 is 12.7. The molecule has 0 spiro atoms. The van der Waals surface area contributed by atoms with Crippen LogP contribution in [0.2, 0.25) is 0 Å². The van der Waals surface area contributed by atoms with E-state index >= 15 is 0 Å². The molecule has 0 amide bonds. The van der Waals surface area contributed by atoms with Gasteiger partial charge in [0.05, 0.1) is 0 Å². The molecular formula is C12H19FN2S. The number of benzene rings is 1. The first kappa shape index (κ1) is 13.3. The van der Waals surface area contributed by atoms with Crippen molar-refractivity contribution in [2.45, 2.75) is 19.4 Å². The van der Waals surface area contributed by atoms with Crippen molar-refractivity contribution in [3.8, 4) is 0 Å². The van der Waals surface area contributed by atoms with E-state index in [4.69, 9.17) is 5.73 Å². The van der Waals surface area contributed by atoms with Gasteiger partial charge in [-0.05, 0) is 42.2 Å². The van der Waals surface area contributed by atoms with Gasteiger partial charge in [0, 0.05) is 18.3 Å². The maximum atomic E-state index is 12.7. The summed E-state index contributed by atoms with van der Waals surface area (Å²) in [6, 6.07) is 6.66. The predicted octanol–water partition coefficient (Wildman–Crippen LogP) is 2.71. The smallest absolute Gasteiger partial charge is 0.123 e. The van der Waals surface area contributed by atoms with Gasteiger partial charge >= 0.3 is 0 Å². The molecule has 16 heavy (non-hydrogen) atoms. The van der Waals surface area contributed by atoms with Crippen LogP contribution in [0.15, 0.2) is 24.3 Å². The molecule has 2 nitrogen and oxygen atoms in total. The molecule has 0 aliphatic heterocycles. The molecule has 0 radical (unpaired) electrons. The standard InChI is InChI=1S/C12H19FN2S/c1-2-16-8-7-12(9-14)15-11-5-3-10(13)4-6-11/h3-6,12,15H,2,7-9,14H2,1H3. The molecule has 1 aromatic carbocycles. The third-order valence-corrected chi connectivity index (χ3v) is 3.25. The van der Waals surface area contributed by atoms with Crippen LogP contribution in [0.5, 0.6) is 0 Å². The van der Waals surface area contributed by atoms with Crippen molar-refractivity contribution in [3.63, 3.8) is 0 Å². The van der Waals surface area contributed by atoms with Gasteiger partial charge in [0.1, 0.15) is 5.82 Å². The Morgan fingerprint density at radius 3 is 2.62 bits per heavy atom. The highest BCUT2D eigenvalue weighted by Gasteiger charge is 2.05. The zero-order chi connectivity index (χ0) is 11.8. The molecule has 0 aromatic heterocycles. The summed E-state index contributed by atoms with van der Waals surface area (Å²) in [6.07, 6.45) is 1.03. The number of anilines is 1. The Hall–Kier alpha value is -0.740. The second kappa shape index (κ2) is 7.52. The van der Waals surface area contributed by atoms with Crippen molar-refractivity contribution in [2.75, 3.05) is 23.4 Å². The van der Waals surface area contributed by atoms with Crippen molar-refractivity contribution >= 4 is 17.4 Å². The van der Waals surface area contributed by atoms with Crippen molar-refractivity contribution in [1.29, 1.82) is 0 Å². The summed E-state index contributed by atoms with van der Waals surface area (Å²) in [5.41, 5.74) is 6.62. The minimum atomic E-state index is -0.212. The second-order valence-electron chi connectivity index (χ2n) is 3.57. The lowest BCUT2D eigenvalue weighted by Gasteiger charge is -2.17. The first-order valence-corrected chi connectivity index (χ1v) is 6.71. The summed E-state index contributed by atoms with van der Waals surface area (Å²) in [5.74, 6) is 2.02. The van der Waals surface area contributed by atoms with E-state index in [1.165, 1.54) is 12.1 Å². The summed E-state index contributed by atoms with van der Waals surface area (Å²) in [6.45, 7) is 2.75. The lowest BCUT2D eigenvalue weighted by molar-refractivity contribution is 0.627. The highest BCUT2D eigenvalue weighted by atomic mass is 32.2. The maximum Gasteiger partial charge on any atom is 0.123 e. The average molecular weight is 242 g/mol. The molecule has 4 heteroatoms. The van der Waals surface area contributed by atoms with Gasteiger partial charge in [-0.25, -0.2) is 4.39 Å². The first-order chi connectivity index (χ1) is 7.76. The van der Waals surface area contributed by atoms with Gasteiger partial charge in [0.25, 0.3) is 0 Å². The Morgan fingerprint density at radius 1 is 1.38 bits per heavy atom. The molecule has 1 rings (SSSR count). The van der Waals surface area contributed by atoms with Crippen LogP contribution in [0, 0.1) is 5.82 Å². The molecule has 0 heterocycles. The molecule has 0 fully saturated rings. The fraction of sp³-hybridized carbons (Fsp3) is 0.500. The van der Waals surface area contributed by atoms with Gasteiger partial charge in [-0.15, -0.1) is 0 Å². The molecule has 1 unspecified atom stereocenters. The predicted molar refractivity (Wildman–Crippen MR) is 70.5 cm³/mol. The molecule has 0 bridgehead atoms. The molecule has 1 atom stereocenters. The Bertz CT molecular complexity index is 290. The van der Waals surface area contributed by atoms with Crippen molar-refractivity contribution in [2.24, 2.45) is 5.73 Å². The lowest BCUT2D eigenvalue weighted by atomic mass is 10.2. The molecular weight excluding hydrogens is 223 g/mol. The third kappa shape index (κ3) is 4.86. The summed E-state index contributed by atoms with van der Waals surface area (Å²) in [7, 11) is 0. The van der Waals surface area contributed by atoms with Crippen LogP contribution in [0.3, 0.4) is 0 Å². The number of hydrogen-bond donors (Lipinski definition) is 2. The molecule has 0 saturated carbocycles. The second-order valence-corrected chi connectivity index (χ2v) is 4.96. The lowest BCUT2D eigenvalue weighted by Crippen LogP contribution is -2.29. The van der Waals surface area contributed by atoms with Gasteiger partial charge in [0.15, 0.2) is 0 Å². The zero-order valence-corrected chi connectivity index (χ0v) is 10.4. The van der Waals surface area contributed by atoms with Crippen LogP contribution < -0.4 is 11.1 Å². The van der Waals surface area contributed by atoms with Crippen LogP contribution in [-0.2, 0) is 0 Å². The minimum absolute atomic E-state index is 0.212. The Kier molecular flexibility index (Phi) is 6.26. The van der Waals surface area contributed by atoms with Crippen molar-refractivity contribution < 1.29 is 4.39 Å². The quantitative estimate of drug-likeness (QED) is 0.722. The number of halogens is 1. The van der Waals surface area contributed by atoms with Crippen LogP contribution >= 0.6 is 11.8 Å². The summed E-state index contributed by atoms with van der Waals surface area (Å²) >= 11 is 1.91. The van der Waals surface area contributed by atoms with Crippen LogP contribution in [-0.4, -0.2) is 24.1 Å². The summed E-state index contributed by atoms with van der Waals surface area (Å²) in [5, 5.41) is 3.31. The van der Waals surface area contributed by atoms with E-state index in [9.17, 15) is 4.39 Å². The SMILES string of the molecule is CCSCCC(CN)Nc1ccc(F)cc1. The summed E-state index contributed by atoms with van der Waals surface area (Å²) in [4.78, 5) is 0. The van der Waals surface area contributed by atoms with E-state index in [2.05, 4.69) is 12.2 Å². The molecule has 1 aromatic rings. The van der Waals surface area contributed by atoms with E-state index in [1.807, 2.05) is 11.8 Å². The van der Waals surface area contributed by atoms with Crippen LogP contribution in [0.4, 0.5) is 10.1 Å². The van der Waals surface area contributed by atoms with Gasteiger partial charge in [-0.1, -0.05) is 6.92 Å². The third-order valence-electron chi connectivity index (χ3n) is 2.31. The number of nitrogens with two attached hydrogens (primary N) is 1. The highest BCUT2D eigenvalue weighted by molar-refractivity contribution is 7.99. The number of rotatable bonds is 7. The fourth-order valence-electron chi connectivity index (χ4n) is 1.40. The molecule has 3 N–H and O–H groups in total. The van der Waals surface area contributed by atoms with Gasteiger partial charge in [-0.2, -0.15) is 11.8 Å². The molecule has 0 aliphatic carbocycles. The number of nitrogens with one attached hydrogen (secondary N) is 1. The Balaban J connectivity index is 2.40. The van der Waals surface area contributed by atoms with Crippen molar-refractivity contribution in [1.82, 2.24) is 0 Å². The maximum absolute atomic E-state index is 12.7. The van der Waals surface area contributed by atoms with Crippen LogP contribution in [0.25, 0.3) is 0 Å². The first-order valence-electron chi connectivity index (χ1n) is 5.56. The molecule has 0 saturated heterocycles. The fourth-order valence-corrected chi connectivity index (χ4v) is 2.14. The van der Waals surface area contributed by atoms with Gasteiger partial charge < -0.3 is 11.1 Å². The van der Waals surface area contributed by atoms with E-state index in [-0.39, 0.29) is 11.9 Å². The Labute approximate surface area is 101 Å². The van der Waals surface area contributed by atoms with Crippen molar-refractivity contribution in [3.05, 3.63) is 30.1 Å². The largest absolute Gasteiger partial charge is 0.381 e. The molecule has 0 aliphatic rings. The monoisotopic (exact) mass is 242 g/mol. The van der Waals surface area contributed by atoms with Gasteiger partial charge in [0.2, 0.25) is 0 Å². The van der Waals surface area contributed by atoms with E-state index in [0.29, 0.717) is 6.54 Å². The average Bonchev–Trinajstić information content (AvgIpc) is 2.31. The zero-order valence-electron chi connectivity index (χ0n) is 9.58. The van der Waals surface area contributed by atoms with E-state index in [1.54, 1.807) is 12.1 Å². The normalized spacial score (nSPS) is 12.4. The topological polar surface area (TPSA) is 38.0 Å². The highest BCUT2D eigenvalue weighted by Crippen LogP contribution is 2.12. The Morgan fingerprint density at radius 2 is 2.06 bits per heavy atom. The van der Waals surface area contributed by atoms with Gasteiger partial charge in [-0.3, -0.25) is 0 Å². The van der Waals surface area contributed by atoms with E-state index < -0.39 is 0 Å². The minimum Gasteiger partial charge on any atom is -0.381 e. The molecule has 90 valence electrons. The van der Waals surface area contributed by atoms with E-state index in [0.717, 1.165) is 23.6 Å². The number of hydrogen-bond acceptors (Lipinski definition) is 3.